The van der Waals surface area contributed by atoms with Crippen LogP contribution in [0.3, 0.4) is 0 Å². The smallest absolute Gasteiger partial charge is 0.0832 e. The number of benzene rings is 1. The summed E-state index contributed by atoms with van der Waals surface area (Å²) in [6, 6.07) is 8.42. The number of halogens is 1. The van der Waals surface area contributed by atoms with Gasteiger partial charge in [0.1, 0.15) is 0 Å². The van der Waals surface area contributed by atoms with E-state index in [0.29, 0.717) is 0 Å². The number of nitrogens with two attached hydrogens (primary N) is 1. The van der Waals surface area contributed by atoms with Crippen LogP contribution in [0.25, 0.3) is 0 Å². The van der Waals surface area contributed by atoms with Gasteiger partial charge in [-0.3, -0.25) is 0 Å². The van der Waals surface area contributed by atoms with Gasteiger partial charge in [-0.2, -0.15) is 0 Å². The highest BCUT2D eigenvalue weighted by molar-refractivity contribution is 9.10. The van der Waals surface area contributed by atoms with Crippen LogP contribution in [0, 0.1) is 0 Å². The van der Waals surface area contributed by atoms with Crippen LogP contribution in [0.1, 0.15) is 24.8 Å². The van der Waals surface area contributed by atoms with Crippen molar-refractivity contribution in [3.05, 3.63) is 34.3 Å². The zero-order valence-corrected chi connectivity index (χ0v) is 11.2. The van der Waals surface area contributed by atoms with Gasteiger partial charge in [0.2, 0.25) is 0 Å². The summed E-state index contributed by atoms with van der Waals surface area (Å²) in [6.07, 6.45) is 4.31. The van der Waals surface area contributed by atoms with E-state index in [9.17, 15) is 0 Å². The van der Waals surface area contributed by atoms with E-state index in [1.807, 2.05) is 12.1 Å². The maximum absolute atomic E-state index is 6.27. The third-order valence-electron chi connectivity index (χ3n) is 3.63. The topological polar surface area (TPSA) is 35.2 Å². The first-order chi connectivity index (χ1) is 7.66. The van der Waals surface area contributed by atoms with Gasteiger partial charge in [0.05, 0.1) is 5.60 Å². The fourth-order valence-electron chi connectivity index (χ4n) is 2.36. The molecule has 1 fully saturated rings. The second-order valence-electron chi connectivity index (χ2n) is 4.56. The van der Waals surface area contributed by atoms with Crippen LogP contribution in [0.2, 0.25) is 0 Å². The van der Waals surface area contributed by atoms with E-state index in [1.165, 1.54) is 12.0 Å². The van der Waals surface area contributed by atoms with E-state index >= 15 is 0 Å². The van der Waals surface area contributed by atoms with Crippen molar-refractivity contribution < 1.29 is 4.74 Å². The Bertz CT molecular complexity index is 357. The van der Waals surface area contributed by atoms with Crippen LogP contribution in [0.5, 0.6) is 0 Å². The molecular weight excluding hydrogens is 266 g/mol. The van der Waals surface area contributed by atoms with Gasteiger partial charge in [-0.05, 0) is 43.4 Å². The first-order valence-electron chi connectivity index (χ1n) is 5.71. The molecule has 1 aromatic rings. The average Bonchev–Trinajstić information content (AvgIpc) is 2.16. The molecule has 1 aliphatic carbocycles. The second kappa shape index (κ2) is 4.86. The van der Waals surface area contributed by atoms with Crippen LogP contribution < -0.4 is 5.73 Å². The van der Waals surface area contributed by atoms with Gasteiger partial charge in [0.15, 0.2) is 0 Å². The number of ether oxygens (including phenoxy) is 1. The van der Waals surface area contributed by atoms with Crippen molar-refractivity contribution in [2.24, 2.45) is 5.73 Å². The fourth-order valence-corrected chi connectivity index (χ4v) is 2.80. The SMILES string of the molecule is COC1(C(N)Cc2cccc(Br)c2)CCC1. The number of hydrogen-bond acceptors (Lipinski definition) is 2. The lowest BCUT2D eigenvalue weighted by Crippen LogP contribution is -2.55. The molecule has 0 saturated heterocycles. The minimum Gasteiger partial charge on any atom is -0.377 e. The van der Waals surface area contributed by atoms with Crippen molar-refractivity contribution in [2.45, 2.75) is 37.3 Å². The van der Waals surface area contributed by atoms with Gasteiger partial charge in [0, 0.05) is 17.6 Å². The molecule has 88 valence electrons. The van der Waals surface area contributed by atoms with Crippen LogP contribution in [-0.4, -0.2) is 18.8 Å². The predicted molar refractivity (Wildman–Crippen MR) is 69.4 cm³/mol. The Morgan fingerprint density at radius 2 is 2.25 bits per heavy atom. The van der Waals surface area contributed by atoms with Crippen LogP contribution >= 0.6 is 15.9 Å². The Hall–Kier alpha value is -0.380. The molecule has 0 heterocycles. The van der Waals surface area contributed by atoms with Gasteiger partial charge < -0.3 is 10.5 Å². The molecule has 0 amide bonds. The third kappa shape index (κ3) is 2.31. The molecule has 3 heteroatoms. The van der Waals surface area contributed by atoms with Crippen LogP contribution in [0.4, 0.5) is 0 Å². The Balaban J connectivity index is 2.04. The van der Waals surface area contributed by atoms with Gasteiger partial charge in [0.25, 0.3) is 0 Å². The van der Waals surface area contributed by atoms with E-state index in [-0.39, 0.29) is 11.6 Å². The summed E-state index contributed by atoms with van der Waals surface area (Å²) in [4.78, 5) is 0. The lowest BCUT2D eigenvalue weighted by Gasteiger charge is -2.45. The van der Waals surface area contributed by atoms with Crippen molar-refractivity contribution in [1.82, 2.24) is 0 Å². The monoisotopic (exact) mass is 283 g/mol. The Kier molecular flexibility index (Phi) is 3.67. The highest BCUT2D eigenvalue weighted by Gasteiger charge is 2.42. The number of methoxy groups -OCH3 is 1. The Morgan fingerprint density at radius 1 is 1.50 bits per heavy atom. The van der Waals surface area contributed by atoms with Crippen molar-refractivity contribution in [3.8, 4) is 0 Å². The molecule has 2 nitrogen and oxygen atoms in total. The summed E-state index contributed by atoms with van der Waals surface area (Å²) < 4.78 is 6.71. The van der Waals surface area contributed by atoms with E-state index in [1.54, 1.807) is 7.11 Å². The fraction of sp³-hybridized carbons (Fsp3) is 0.538. The quantitative estimate of drug-likeness (QED) is 0.922. The summed E-state index contributed by atoms with van der Waals surface area (Å²) in [5, 5.41) is 0. The van der Waals surface area contributed by atoms with Gasteiger partial charge in [-0.25, -0.2) is 0 Å². The molecule has 0 spiro atoms. The largest absolute Gasteiger partial charge is 0.377 e. The molecule has 16 heavy (non-hydrogen) atoms. The van der Waals surface area contributed by atoms with Crippen molar-refractivity contribution in [2.75, 3.05) is 7.11 Å². The maximum Gasteiger partial charge on any atom is 0.0832 e. The Labute approximate surface area is 105 Å². The highest BCUT2D eigenvalue weighted by Crippen LogP contribution is 2.38. The molecule has 1 aromatic carbocycles. The number of hydrogen-bond donors (Lipinski definition) is 1. The summed E-state index contributed by atoms with van der Waals surface area (Å²) in [7, 11) is 1.78. The predicted octanol–water partition coefficient (Wildman–Crippen LogP) is 2.89. The molecule has 1 aliphatic rings. The van der Waals surface area contributed by atoms with E-state index in [4.69, 9.17) is 10.5 Å². The summed E-state index contributed by atoms with van der Waals surface area (Å²) >= 11 is 3.48. The van der Waals surface area contributed by atoms with Crippen molar-refractivity contribution in [1.29, 1.82) is 0 Å². The minimum atomic E-state index is -0.0671. The standard InChI is InChI=1S/C13H18BrNO/c1-16-13(6-3-7-13)12(15)9-10-4-2-5-11(14)8-10/h2,4-5,8,12H,3,6-7,9,15H2,1H3. The second-order valence-corrected chi connectivity index (χ2v) is 5.48. The molecule has 0 bridgehead atoms. The van der Waals surface area contributed by atoms with Crippen LogP contribution in [0.15, 0.2) is 28.7 Å². The van der Waals surface area contributed by atoms with Crippen molar-refractivity contribution in [3.63, 3.8) is 0 Å². The molecule has 1 saturated carbocycles. The van der Waals surface area contributed by atoms with E-state index in [2.05, 4.69) is 28.1 Å². The lowest BCUT2D eigenvalue weighted by atomic mass is 9.73. The highest BCUT2D eigenvalue weighted by atomic mass is 79.9. The summed E-state index contributed by atoms with van der Waals surface area (Å²) in [5.74, 6) is 0. The molecule has 2 N–H and O–H groups in total. The van der Waals surface area contributed by atoms with Gasteiger partial charge in [-0.1, -0.05) is 28.1 Å². The Morgan fingerprint density at radius 3 is 2.75 bits per heavy atom. The summed E-state index contributed by atoms with van der Waals surface area (Å²) in [6.45, 7) is 0. The molecule has 1 atom stereocenters. The van der Waals surface area contributed by atoms with E-state index < -0.39 is 0 Å². The van der Waals surface area contributed by atoms with Crippen molar-refractivity contribution >= 4 is 15.9 Å². The molecule has 2 rings (SSSR count). The zero-order valence-electron chi connectivity index (χ0n) is 9.58. The molecule has 0 aliphatic heterocycles. The molecular formula is C13H18BrNO. The van der Waals surface area contributed by atoms with Gasteiger partial charge in [-0.15, -0.1) is 0 Å². The normalized spacial score (nSPS) is 20.2. The van der Waals surface area contributed by atoms with E-state index in [0.717, 1.165) is 23.7 Å². The summed E-state index contributed by atoms with van der Waals surface area (Å²) in [5.41, 5.74) is 7.47. The van der Waals surface area contributed by atoms with Crippen LogP contribution in [-0.2, 0) is 11.2 Å². The average molecular weight is 284 g/mol. The van der Waals surface area contributed by atoms with Gasteiger partial charge >= 0.3 is 0 Å². The number of rotatable bonds is 4. The molecule has 1 unspecified atom stereocenters. The molecule has 0 aromatic heterocycles. The zero-order chi connectivity index (χ0) is 11.6. The first kappa shape index (κ1) is 12.1. The lowest BCUT2D eigenvalue weighted by molar-refractivity contribution is -0.0897. The minimum absolute atomic E-state index is 0.0671. The first-order valence-corrected chi connectivity index (χ1v) is 6.51. The third-order valence-corrected chi connectivity index (χ3v) is 4.12. The molecule has 0 radical (unpaired) electrons. The maximum atomic E-state index is 6.27.